The molecule has 0 aromatic carbocycles. The van der Waals surface area contributed by atoms with Crippen molar-refractivity contribution in [1.29, 1.82) is 0 Å². The fourth-order valence-electron chi connectivity index (χ4n) is 1.40. The van der Waals surface area contributed by atoms with Gasteiger partial charge in [-0.25, -0.2) is 4.39 Å². The van der Waals surface area contributed by atoms with Gasteiger partial charge in [-0.2, -0.15) is 9.97 Å². The number of nitrogens with zero attached hydrogens (tertiary/aromatic N) is 3. The second-order valence-electron chi connectivity index (χ2n) is 3.59. The second kappa shape index (κ2) is 5.91. The molecule has 0 fully saturated rings. The van der Waals surface area contributed by atoms with Gasteiger partial charge in [-0.1, -0.05) is 0 Å². The number of aromatic nitrogens is 3. The maximum Gasteiger partial charge on any atom is 0.261 e. The molecule has 0 atom stereocenters. The first-order valence-corrected chi connectivity index (χ1v) is 5.52. The summed E-state index contributed by atoms with van der Waals surface area (Å²) < 4.78 is 23.3. The van der Waals surface area contributed by atoms with E-state index in [0.29, 0.717) is 0 Å². The lowest BCUT2D eigenvalue weighted by molar-refractivity contribution is 0.102. The van der Waals surface area contributed by atoms with Gasteiger partial charge in [0.2, 0.25) is 17.7 Å². The van der Waals surface area contributed by atoms with E-state index in [1.54, 1.807) is 0 Å². The Hall–Kier alpha value is -2.77. The number of anilines is 1. The Kier molecular flexibility index (Phi) is 4.04. The van der Waals surface area contributed by atoms with Crippen LogP contribution in [-0.2, 0) is 0 Å². The molecule has 2 aromatic rings. The molecule has 1 amide bonds. The van der Waals surface area contributed by atoms with Gasteiger partial charge in [0.05, 0.1) is 32.0 Å². The van der Waals surface area contributed by atoms with E-state index in [0.717, 1.165) is 6.20 Å². The summed E-state index contributed by atoms with van der Waals surface area (Å²) in [7, 11) is 2.83. The van der Waals surface area contributed by atoms with Crippen LogP contribution in [0, 0.1) is 5.82 Å². The molecule has 2 heterocycles. The first-order chi connectivity index (χ1) is 9.63. The molecule has 0 aliphatic carbocycles. The van der Waals surface area contributed by atoms with E-state index >= 15 is 0 Å². The number of amides is 1. The van der Waals surface area contributed by atoms with Crippen molar-refractivity contribution in [2.45, 2.75) is 0 Å². The molecule has 1 N–H and O–H groups in total. The van der Waals surface area contributed by atoms with Crippen molar-refractivity contribution in [2.75, 3.05) is 19.5 Å². The van der Waals surface area contributed by atoms with Gasteiger partial charge in [0.25, 0.3) is 5.91 Å². The highest BCUT2D eigenvalue weighted by Gasteiger charge is 2.14. The number of ether oxygens (including phenoxy) is 2. The molecule has 0 aliphatic rings. The van der Waals surface area contributed by atoms with E-state index in [-0.39, 0.29) is 23.3 Å². The number of carbonyl (C=O) groups is 1. The smallest absolute Gasteiger partial charge is 0.261 e. The summed E-state index contributed by atoms with van der Waals surface area (Å²) in [4.78, 5) is 23.3. The molecule has 7 nitrogen and oxygen atoms in total. The van der Waals surface area contributed by atoms with Crippen LogP contribution in [0.2, 0.25) is 0 Å². The Labute approximate surface area is 113 Å². The summed E-state index contributed by atoms with van der Waals surface area (Å²) in [6.45, 7) is 0. The third-order valence-corrected chi connectivity index (χ3v) is 2.34. The average molecular weight is 278 g/mol. The van der Waals surface area contributed by atoms with Crippen molar-refractivity contribution in [3.05, 3.63) is 35.9 Å². The molecule has 20 heavy (non-hydrogen) atoms. The minimum Gasteiger partial charge on any atom is -0.481 e. The largest absolute Gasteiger partial charge is 0.481 e. The highest BCUT2D eigenvalue weighted by atomic mass is 19.1. The zero-order chi connectivity index (χ0) is 14.5. The number of methoxy groups -OCH3 is 2. The van der Waals surface area contributed by atoms with Crippen LogP contribution in [0.3, 0.4) is 0 Å². The molecular weight excluding hydrogens is 267 g/mol. The Bertz CT molecular complexity index is 614. The quantitative estimate of drug-likeness (QED) is 0.906. The molecule has 0 bridgehead atoms. The Morgan fingerprint density at radius 3 is 2.45 bits per heavy atom. The molecule has 104 valence electrons. The van der Waals surface area contributed by atoms with Gasteiger partial charge in [-0.3, -0.25) is 15.1 Å². The molecule has 8 heteroatoms. The Balaban J connectivity index is 2.26. The zero-order valence-corrected chi connectivity index (χ0v) is 10.8. The van der Waals surface area contributed by atoms with Crippen LogP contribution >= 0.6 is 0 Å². The number of nitrogens with one attached hydrogen (secondary N) is 1. The molecule has 0 aliphatic heterocycles. The van der Waals surface area contributed by atoms with Crippen LogP contribution < -0.4 is 14.8 Å². The fourth-order valence-corrected chi connectivity index (χ4v) is 1.40. The van der Waals surface area contributed by atoms with E-state index in [9.17, 15) is 9.18 Å². The maximum atomic E-state index is 13.4. The van der Waals surface area contributed by atoms with E-state index in [2.05, 4.69) is 20.3 Å². The predicted octanol–water partition coefficient (Wildman–Crippen LogP) is 1.28. The van der Waals surface area contributed by atoms with Crippen molar-refractivity contribution in [2.24, 2.45) is 0 Å². The first kappa shape index (κ1) is 13.7. The molecule has 0 saturated heterocycles. The third kappa shape index (κ3) is 2.97. The average Bonchev–Trinajstić information content (AvgIpc) is 2.47. The molecule has 0 radical (unpaired) electrons. The minimum absolute atomic E-state index is 0.0533. The molecule has 2 aromatic heterocycles. The maximum absolute atomic E-state index is 13.4. The van der Waals surface area contributed by atoms with Crippen molar-refractivity contribution < 1.29 is 18.7 Å². The van der Waals surface area contributed by atoms with Crippen LogP contribution in [0.5, 0.6) is 11.8 Å². The van der Waals surface area contributed by atoms with Gasteiger partial charge in [0, 0.05) is 6.20 Å². The number of rotatable bonds is 4. The van der Waals surface area contributed by atoms with Crippen LogP contribution in [0.1, 0.15) is 10.4 Å². The lowest BCUT2D eigenvalue weighted by Crippen LogP contribution is -2.16. The van der Waals surface area contributed by atoms with Gasteiger partial charge in [-0.15, -0.1) is 0 Å². The van der Waals surface area contributed by atoms with Gasteiger partial charge in [0.15, 0.2) is 5.82 Å². The van der Waals surface area contributed by atoms with Gasteiger partial charge in [-0.05, 0) is 6.07 Å². The molecule has 0 saturated carbocycles. The second-order valence-corrected chi connectivity index (χ2v) is 3.59. The number of hydrogen-bond acceptors (Lipinski definition) is 6. The number of halogens is 1. The standard InChI is InChI=1S/C12H11FN4O3/c1-19-9-5-10(20-2)16-12(15-9)17-11(18)7-3-4-14-6-8(7)13/h3-6H,1-2H3,(H,15,16,17,18). The normalized spacial score (nSPS) is 9.95. The van der Waals surface area contributed by atoms with Gasteiger partial charge in [0.1, 0.15) is 0 Å². The monoisotopic (exact) mass is 278 g/mol. The minimum atomic E-state index is -0.736. The van der Waals surface area contributed by atoms with Crippen molar-refractivity contribution in [3.8, 4) is 11.8 Å². The lowest BCUT2D eigenvalue weighted by Gasteiger charge is -2.07. The van der Waals surface area contributed by atoms with Gasteiger partial charge >= 0.3 is 0 Å². The predicted molar refractivity (Wildman–Crippen MR) is 67.3 cm³/mol. The van der Waals surface area contributed by atoms with E-state index in [4.69, 9.17) is 9.47 Å². The summed E-state index contributed by atoms with van der Waals surface area (Å²) in [6.07, 6.45) is 2.26. The van der Waals surface area contributed by atoms with Crippen LogP contribution in [0.4, 0.5) is 10.3 Å². The summed E-state index contributed by atoms with van der Waals surface area (Å²) in [5, 5.41) is 2.36. The highest BCUT2D eigenvalue weighted by Crippen LogP contribution is 2.18. The summed E-state index contributed by atoms with van der Waals surface area (Å²) in [6, 6.07) is 2.70. The van der Waals surface area contributed by atoms with Crippen molar-refractivity contribution in [3.63, 3.8) is 0 Å². The van der Waals surface area contributed by atoms with Crippen LogP contribution in [-0.4, -0.2) is 35.1 Å². The van der Waals surface area contributed by atoms with Crippen LogP contribution in [0.15, 0.2) is 24.5 Å². The molecular formula is C12H11FN4O3. The topological polar surface area (TPSA) is 86.2 Å². The molecule has 0 spiro atoms. The summed E-state index contributed by atoms with van der Waals surface area (Å²) >= 11 is 0. The zero-order valence-electron chi connectivity index (χ0n) is 10.8. The van der Waals surface area contributed by atoms with Crippen molar-refractivity contribution in [1.82, 2.24) is 15.0 Å². The van der Waals surface area contributed by atoms with E-state index < -0.39 is 11.7 Å². The SMILES string of the molecule is COc1cc(OC)nc(NC(=O)c2ccncc2F)n1. The third-order valence-electron chi connectivity index (χ3n) is 2.34. The van der Waals surface area contributed by atoms with E-state index in [1.807, 2.05) is 0 Å². The fraction of sp³-hybridized carbons (Fsp3) is 0.167. The Morgan fingerprint density at radius 2 is 1.90 bits per heavy atom. The lowest BCUT2D eigenvalue weighted by atomic mass is 10.2. The number of carbonyl (C=O) groups excluding carboxylic acids is 1. The highest BCUT2D eigenvalue weighted by molar-refractivity contribution is 6.03. The molecule has 2 rings (SSSR count). The van der Waals surface area contributed by atoms with Gasteiger partial charge < -0.3 is 9.47 Å². The number of hydrogen-bond donors (Lipinski definition) is 1. The van der Waals surface area contributed by atoms with E-state index in [1.165, 1.54) is 32.5 Å². The number of pyridine rings is 1. The summed E-state index contributed by atoms with van der Waals surface area (Å²) in [5.41, 5.74) is -0.162. The molecule has 0 unspecified atom stereocenters. The summed E-state index contributed by atoms with van der Waals surface area (Å²) in [5.74, 6) is -1.06. The van der Waals surface area contributed by atoms with Crippen LogP contribution in [0.25, 0.3) is 0 Å². The first-order valence-electron chi connectivity index (χ1n) is 5.52. The Morgan fingerprint density at radius 1 is 1.25 bits per heavy atom. The van der Waals surface area contributed by atoms with Crippen molar-refractivity contribution >= 4 is 11.9 Å².